The maximum atomic E-state index is 11.9. The normalized spacial score (nSPS) is 42.9. The number of aliphatic carboxylic acids is 1. The summed E-state index contributed by atoms with van der Waals surface area (Å²) in [6.45, 7) is 17.6. The van der Waals surface area contributed by atoms with Crippen LogP contribution in [0.2, 0.25) is 0 Å². The Labute approximate surface area is 166 Å². The maximum absolute atomic E-state index is 11.9. The van der Waals surface area contributed by atoms with Crippen LogP contribution in [0.1, 0.15) is 73.6 Å². The molecule has 0 spiro atoms. The van der Waals surface area contributed by atoms with E-state index in [1.807, 2.05) is 0 Å². The van der Waals surface area contributed by atoms with Crippen molar-refractivity contribution in [1.29, 1.82) is 0 Å². The number of hydrogen-bond donors (Lipinski definition) is 2. The zero-order valence-corrected chi connectivity index (χ0v) is 18.3. The summed E-state index contributed by atoms with van der Waals surface area (Å²) in [5.41, 5.74) is 1.26. The summed E-state index contributed by atoms with van der Waals surface area (Å²) in [7, 11) is 0. The molecule has 3 nitrogen and oxygen atoms in total. The van der Waals surface area contributed by atoms with Crippen molar-refractivity contribution < 1.29 is 15.0 Å². The van der Waals surface area contributed by atoms with E-state index in [9.17, 15) is 15.0 Å². The van der Waals surface area contributed by atoms with E-state index < -0.39 is 5.97 Å². The van der Waals surface area contributed by atoms with Crippen molar-refractivity contribution in [3.05, 3.63) is 12.2 Å². The molecule has 2 saturated carbocycles. The molecule has 3 heteroatoms. The van der Waals surface area contributed by atoms with Crippen LogP contribution in [0, 0.1) is 53.3 Å². The quantitative estimate of drug-likeness (QED) is 0.589. The molecule has 0 amide bonds. The van der Waals surface area contributed by atoms with E-state index in [2.05, 4.69) is 48.1 Å². The number of carboxylic acid groups (broad SMARTS) is 1. The second-order valence-corrected chi connectivity index (χ2v) is 10.1. The molecule has 9 atom stereocenters. The summed E-state index contributed by atoms with van der Waals surface area (Å²) >= 11 is 0. The monoisotopic (exact) mass is 378 g/mol. The Bertz CT molecular complexity index is 526. The summed E-state index contributed by atoms with van der Waals surface area (Å²) in [4.78, 5) is 11.9. The Morgan fingerprint density at radius 1 is 1.04 bits per heavy atom. The highest BCUT2D eigenvalue weighted by Gasteiger charge is 2.45. The number of aliphatic hydroxyl groups excluding tert-OH is 1. The van der Waals surface area contributed by atoms with Crippen molar-refractivity contribution in [2.75, 3.05) is 0 Å². The molecule has 0 heterocycles. The van der Waals surface area contributed by atoms with Crippen molar-refractivity contribution in [1.82, 2.24) is 0 Å². The first-order valence-electron chi connectivity index (χ1n) is 11.2. The third-order valence-electron chi connectivity index (χ3n) is 8.25. The molecular weight excluding hydrogens is 336 g/mol. The van der Waals surface area contributed by atoms with Gasteiger partial charge < -0.3 is 10.2 Å². The second-order valence-electron chi connectivity index (χ2n) is 10.1. The highest BCUT2D eigenvalue weighted by molar-refractivity contribution is 5.70. The summed E-state index contributed by atoms with van der Waals surface area (Å²) in [6, 6.07) is 0. The van der Waals surface area contributed by atoms with Gasteiger partial charge in [-0.2, -0.15) is 0 Å². The van der Waals surface area contributed by atoms with Gasteiger partial charge in [0.2, 0.25) is 0 Å². The number of aliphatic hydroxyl groups is 1. The second kappa shape index (κ2) is 9.11. The van der Waals surface area contributed by atoms with E-state index in [0.717, 1.165) is 32.1 Å². The highest BCUT2D eigenvalue weighted by Crippen LogP contribution is 2.49. The zero-order valence-electron chi connectivity index (χ0n) is 18.3. The van der Waals surface area contributed by atoms with Crippen molar-refractivity contribution in [2.45, 2.75) is 79.8 Å². The fourth-order valence-electron chi connectivity index (χ4n) is 5.96. The predicted octanol–water partition coefficient (Wildman–Crippen LogP) is 5.63. The molecule has 0 aliphatic heterocycles. The number of carbonyl (C=O) groups is 1. The van der Waals surface area contributed by atoms with E-state index in [-0.39, 0.29) is 29.8 Å². The number of rotatable bonds is 6. The number of carboxylic acids is 1. The van der Waals surface area contributed by atoms with Crippen LogP contribution in [0.15, 0.2) is 12.2 Å². The first-order chi connectivity index (χ1) is 12.6. The molecule has 9 unspecified atom stereocenters. The molecule has 2 aliphatic rings. The molecule has 2 rings (SSSR count). The van der Waals surface area contributed by atoms with Crippen LogP contribution in [-0.4, -0.2) is 22.3 Å². The molecule has 0 radical (unpaired) electrons. The highest BCUT2D eigenvalue weighted by atomic mass is 16.4. The minimum atomic E-state index is -0.627. The van der Waals surface area contributed by atoms with Crippen molar-refractivity contribution in [2.24, 2.45) is 53.3 Å². The van der Waals surface area contributed by atoms with Gasteiger partial charge in [-0.1, -0.05) is 60.1 Å². The van der Waals surface area contributed by atoms with Crippen molar-refractivity contribution in [3.8, 4) is 0 Å². The number of hydrogen-bond acceptors (Lipinski definition) is 2. The Balaban J connectivity index is 2.20. The SMILES string of the molecule is C=C(C(C)C)C1CC(CC2CC(C)C(C)CC2C(=O)O)C(C)C(O)C1CC. The van der Waals surface area contributed by atoms with Gasteiger partial charge in [0.1, 0.15) is 0 Å². The fraction of sp³-hybridized carbons (Fsp3) is 0.875. The molecule has 27 heavy (non-hydrogen) atoms. The third-order valence-corrected chi connectivity index (χ3v) is 8.25. The van der Waals surface area contributed by atoms with Gasteiger partial charge in [0.05, 0.1) is 12.0 Å². The summed E-state index contributed by atoms with van der Waals surface area (Å²) in [6.07, 6.45) is 4.46. The maximum Gasteiger partial charge on any atom is 0.306 e. The lowest BCUT2D eigenvalue weighted by Gasteiger charge is -2.47. The predicted molar refractivity (Wildman–Crippen MR) is 111 cm³/mol. The third kappa shape index (κ3) is 4.78. The minimum Gasteiger partial charge on any atom is -0.481 e. The topological polar surface area (TPSA) is 57.5 Å². The number of allylic oxidation sites excluding steroid dienone is 1. The zero-order chi connectivity index (χ0) is 20.5. The van der Waals surface area contributed by atoms with Crippen molar-refractivity contribution in [3.63, 3.8) is 0 Å². The van der Waals surface area contributed by atoms with Gasteiger partial charge in [0.25, 0.3) is 0 Å². The lowest BCUT2D eigenvalue weighted by molar-refractivity contribution is -0.147. The van der Waals surface area contributed by atoms with Gasteiger partial charge in [-0.3, -0.25) is 4.79 Å². The molecule has 0 aromatic rings. The smallest absolute Gasteiger partial charge is 0.306 e. The molecular formula is C24H42O3. The van der Waals surface area contributed by atoms with Crippen LogP contribution in [0.4, 0.5) is 0 Å². The summed E-state index contributed by atoms with van der Waals surface area (Å²) < 4.78 is 0. The lowest BCUT2D eigenvalue weighted by atomic mass is 9.59. The van der Waals surface area contributed by atoms with Gasteiger partial charge in [0, 0.05) is 0 Å². The summed E-state index contributed by atoms with van der Waals surface area (Å²) in [5.74, 6) is 2.13. The summed E-state index contributed by atoms with van der Waals surface area (Å²) in [5, 5.41) is 20.8. The molecule has 0 bridgehead atoms. The van der Waals surface area contributed by atoms with Crippen LogP contribution in [-0.2, 0) is 4.79 Å². The fourth-order valence-corrected chi connectivity index (χ4v) is 5.96. The lowest BCUT2D eigenvalue weighted by Crippen LogP contribution is -2.45. The van der Waals surface area contributed by atoms with Crippen LogP contribution in [0.5, 0.6) is 0 Å². The van der Waals surface area contributed by atoms with Gasteiger partial charge in [-0.05, 0) is 73.0 Å². The molecule has 0 aromatic carbocycles. The first-order valence-corrected chi connectivity index (χ1v) is 11.2. The Hall–Kier alpha value is -0.830. The standard InChI is InChI=1S/C24H42O3/c1-8-20-21(16(6)13(2)3)12-18(17(7)23(20)25)11-19-9-14(4)15(5)10-22(19)24(26)27/h13-15,17-23,25H,6,8-12H2,1-5,7H3,(H,26,27). The van der Waals surface area contributed by atoms with E-state index in [4.69, 9.17) is 0 Å². The Morgan fingerprint density at radius 2 is 1.63 bits per heavy atom. The van der Waals surface area contributed by atoms with E-state index in [1.165, 1.54) is 5.57 Å². The first kappa shape index (κ1) is 22.5. The van der Waals surface area contributed by atoms with Crippen LogP contribution in [0.25, 0.3) is 0 Å². The molecule has 156 valence electrons. The molecule has 2 N–H and O–H groups in total. The average Bonchev–Trinajstić information content (AvgIpc) is 2.60. The molecule has 0 aromatic heterocycles. The van der Waals surface area contributed by atoms with Gasteiger partial charge in [0.15, 0.2) is 0 Å². The van der Waals surface area contributed by atoms with Gasteiger partial charge >= 0.3 is 5.97 Å². The van der Waals surface area contributed by atoms with E-state index in [0.29, 0.717) is 29.6 Å². The Kier molecular flexibility index (Phi) is 7.58. The molecule has 2 fully saturated rings. The van der Waals surface area contributed by atoms with Crippen LogP contribution >= 0.6 is 0 Å². The van der Waals surface area contributed by atoms with E-state index in [1.54, 1.807) is 0 Å². The van der Waals surface area contributed by atoms with E-state index >= 15 is 0 Å². The molecule has 0 saturated heterocycles. The Morgan fingerprint density at radius 3 is 2.15 bits per heavy atom. The van der Waals surface area contributed by atoms with Crippen LogP contribution in [0.3, 0.4) is 0 Å². The largest absolute Gasteiger partial charge is 0.481 e. The van der Waals surface area contributed by atoms with Gasteiger partial charge in [-0.25, -0.2) is 0 Å². The average molecular weight is 379 g/mol. The van der Waals surface area contributed by atoms with Gasteiger partial charge in [-0.15, -0.1) is 0 Å². The minimum absolute atomic E-state index is 0.226. The van der Waals surface area contributed by atoms with Crippen molar-refractivity contribution >= 4 is 5.97 Å². The van der Waals surface area contributed by atoms with Crippen LogP contribution < -0.4 is 0 Å². The molecule has 2 aliphatic carbocycles.